The zero-order valence-electron chi connectivity index (χ0n) is 16.7. The molecule has 0 radical (unpaired) electrons. The Balaban J connectivity index is 1.70. The minimum atomic E-state index is 0.477. The molecule has 2 heteroatoms. The van der Waals surface area contributed by atoms with Gasteiger partial charge in [-0.05, 0) is 41.5 Å². The van der Waals surface area contributed by atoms with Crippen LogP contribution in [0.4, 0.5) is 0 Å². The minimum Gasteiger partial charge on any atom is -0.493 e. The van der Waals surface area contributed by atoms with Crippen LogP contribution in [0.2, 0.25) is 0 Å². The number of hydrogen-bond acceptors (Lipinski definition) is 2. The molecule has 3 aromatic carbocycles. The van der Waals surface area contributed by atoms with Crippen LogP contribution < -0.4 is 9.47 Å². The molecule has 1 aliphatic carbocycles. The SMILES string of the molecule is COc1cccc(-c2ccc(C(c3ccccc3)C3CCCC3)cc2)c1OC. The van der Waals surface area contributed by atoms with E-state index in [-0.39, 0.29) is 0 Å². The second-order valence-electron chi connectivity index (χ2n) is 7.60. The van der Waals surface area contributed by atoms with Crippen molar-refractivity contribution in [1.82, 2.24) is 0 Å². The zero-order chi connectivity index (χ0) is 19.3. The predicted octanol–water partition coefficient (Wildman–Crippen LogP) is 6.69. The maximum absolute atomic E-state index is 5.63. The van der Waals surface area contributed by atoms with Gasteiger partial charge in [-0.25, -0.2) is 0 Å². The van der Waals surface area contributed by atoms with Crippen molar-refractivity contribution in [2.24, 2.45) is 5.92 Å². The molecule has 1 atom stereocenters. The van der Waals surface area contributed by atoms with E-state index in [1.54, 1.807) is 14.2 Å². The average molecular weight is 373 g/mol. The molecule has 144 valence electrons. The Kier molecular flexibility index (Phi) is 5.66. The topological polar surface area (TPSA) is 18.5 Å². The first-order chi connectivity index (χ1) is 13.8. The van der Waals surface area contributed by atoms with Gasteiger partial charge in [-0.3, -0.25) is 0 Å². The molecule has 1 saturated carbocycles. The molecule has 1 aliphatic rings. The highest BCUT2D eigenvalue weighted by Crippen LogP contribution is 2.43. The lowest BCUT2D eigenvalue weighted by atomic mass is 9.79. The highest BCUT2D eigenvalue weighted by Gasteiger charge is 2.27. The second kappa shape index (κ2) is 8.52. The summed E-state index contributed by atoms with van der Waals surface area (Å²) in [6, 6.07) is 26.0. The van der Waals surface area contributed by atoms with Crippen molar-refractivity contribution in [3.05, 3.63) is 83.9 Å². The molecular formula is C26H28O2. The maximum Gasteiger partial charge on any atom is 0.168 e. The van der Waals surface area contributed by atoms with Crippen molar-refractivity contribution in [3.63, 3.8) is 0 Å². The highest BCUT2D eigenvalue weighted by atomic mass is 16.5. The summed E-state index contributed by atoms with van der Waals surface area (Å²) in [5, 5.41) is 0. The molecule has 3 aromatic rings. The van der Waals surface area contributed by atoms with Crippen LogP contribution in [0.3, 0.4) is 0 Å². The Hall–Kier alpha value is -2.74. The van der Waals surface area contributed by atoms with Crippen molar-refractivity contribution < 1.29 is 9.47 Å². The predicted molar refractivity (Wildman–Crippen MR) is 115 cm³/mol. The largest absolute Gasteiger partial charge is 0.493 e. The van der Waals surface area contributed by atoms with Gasteiger partial charge in [-0.15, -0.1) is 0 Å². The van der Waals surface area contributed by atoms with Crippen LogP contribution in [0.1, 0.15) is 42.7 Å². The minimum absolute atomic E-state index is 0.477. The summed E-state index contributed by atoms with van der Waals surface area (Å²) >= 11 is 0. The molecular weight excluding hydrogens is 344 g/mol. The van der Waals surface area contributed by atoms with E-state index < -0.39 is 0 Å². The summed E-state index contributed by atoms with van der Waals surface area (Å²) in [6.45, 7) is 0. The smallest absolute Gasteiger partial charge is 0.168 e. The number of methoxy groups -OCH3 is 2. The first-order valence-electron chi connectivity index (χ1n) is 10.2. The molecule has 0 N–H and O–H groups in total. The van der Waals surface area contributed by atoms with Crippen molar-refractivity contribution in [3.8, 4) is 22.6 Å². The van der Waals surface area contributed by atoms with Crippen molar-refractivity contribution in [2.75, 3.05) is 14.2 Å². The molecule has 0 aliphatic heterocycles. The molecule has 2 nitrogen and oxygen atoms in total. The summed E-state index contributed by atoms with van der Waals surface area (Å²) in [7, 11) is 3.37. The van der Waals surface area contributed by atoms with E-state index in [1.165, 1.54) is 36.8 Å². The van der Waals surface area contributed by atoms with Crippen LogP contribution in [0.15, 0.2) is 72.8 Å². The Labute approximate surface area is 168 Å². The van der Waals surface area contributed by atoms with Gasteiger partial charge in [0.05, 0.1) is 14.2 Å². The lowest BCUT2D eigenvalue weighted by Gasteiger charge is -2.25. The van der Waals surface area contributed by atoms with Crippen molar-refractivity contribution in [2.45, 2.75) is 31.6 Å². The molecule has 4 rings (SSSR count). The second-order valence-corrected chi connectivity index (χ2v) is 7.60. The fourth-order valence-electron chi connectivity index (χ4n) is 4.67. The van der Waals surface area contributed by atoms with Gasteiger partial charge in [0.25, 0.3) is 0 Å². The highest BCUT2D eigenvalue weighted by molar-refractivity contribution is 5.74. The number of ether oxygens (including phenoxy) is 2. The van der Waals surface area contributed by atoms with Crippen molar-refractivity contribution in [1.29, 1.82) is 0 Å². The van der Waals surface area contributed by atoms with E-state index in [4.69, 9.17) is 9.47 Å². The Morgan fingerprint density at radius 1 is 0.714 bits per heavy atom. The van der Waals surface area contributed by atoms with Crippen LogP contribution in [0.25, 0.3) is 11.1 Å². The number of hydrogen-bond donors (Lipinski definition) is 0. The molecule has 0 aromatic heterocycles. The van der Waals surface area contributed by atoms with Crippen LogP contribution in [-0.4, -0.2) is 14.2 Å². The molecule has 28 heavy (non-hydrogen) atoms. The van der Waals surface area contributed by atoms with Crippen molar-refractivity contribution >= 4 is 0 Å². The number of benzene rings is 3. The third kappa shape index (κ3) is 3.64. The fraction of sp³-hybridized carbons (Fsp3) is 0.308. The van der Waals surface area contributed by atoms with E-state index in [1.807, 2.05) is 12.1 Å². The monoisotopic (exact) mass is 372 g/mol. The maximum atomic E-state index is 5.63. The van der Waals surface area contributed by atoms with E-state index in [0.717, 1.165) is 28.5 Å². The number of para-hydroxylation sites is 1. The standard InChI is InChI=1S/C26H28O2/c1-27-24-14-8-13-23(26(24)28-2)19-15-17-22(18-16-19)25(21-11-6-7-12-21)20-9-4-3-5-10-20/h3-5,8-10,13-18,21,25H,6-7,11-12H2,1-2H3. The van der Waals surface area contributed by atoms with Gasteiger partial charge in [0.15, 0.2) is 11.5 Å². The zero-order valence-corrected chi connectivity index (χ0v) is 16.7. The Morgan fingerprint density at radius 2 is 1.39 bits per heavy atom. The normalized spacial score (nSPS) is 15.4. The van der Waals surface area contributed by atoms with Crippen LogP contribution in [-0.2, 0) is 0 Å². The molecule has 0 spiro atoms. The summed E-state index contributed by atoms with van der Waals surface area (Å²) in [4.78, 5) is 0. The Bertz CT molecular complexity index is 893. The first-order valence-corrected chi connectivity index (χ1v) is 10.2. The lowest BCUT2D eigenvalue weighted by molar-refractivity contribution is 0.356. The summed E-state index contributed by atoms with van der Waals surface area (Å²) < 4.78 is 11.1. The van der Waals surface area contributed by atoms with E-state index in [0.29, 0.717) is 5.92 Å². The van der Waals surface area contributed by atoms with Crippen LogP contribution in [0.5, 0.6) is 11.5 Å². The molecule has 0 amide bonds. The van der Waals surface area contributed by atoms with Gasteiger partial charge in [0, 0.05) is 11.5 Å². The van der Waals surface area contributed by atoms with E-state index in [9.17, 15) is 0 Å². The van der Waals surface area contributed by atoms with E-state index in [2.05, 4.69) is 60.7 Å². The van der Waals surface area contributed by atoms with Crippen LogP contribution >= 0.6 is 0 Å². The van der Waals surface area contributed by atoms with Gasteiger partial charge < -0.3 is 9.47 Å². The third-order valence-electron chi connectivity index (χ3n) is 6.01. The fourth-order valence-corrected chi connectivity index (χ4v) is 4.67. The van der Waals surface area contributed by atoms with Gasteiger partial charge in [-0.1, -0.05) is 79.6 Å². The molecule has 0 saturated heterocycles. The molecule has 0 bridgehead atoms. The molecule has 0 heterocycles. The first kappa shape index (κ1) is 18.6. The van der Waals surface area contributed by atoms with Gasteiger partial charge >= 0.3 is 0 Å². The van der Waals surface area contributed by atoms with E-state index >= 15 is 0 Å². The van der Waals surface area contributed by atoms with Gasteiger partial charge in [-0.2, -0.15) is 0 Å². The number of rotatable bonds is 6. The average Bonchev–Trinajstić information content (AvgIpc) is 3.29. The summed E-state index contributed by atoms with van der Waals surface area (Å²) in [5.41, 5.74) is 5.05. The third-order valence-corrected chi connectivity index (χ3v) is 6.01. The quantitative estimate of drug-likeness (QED) is 0.480. The van der Waals surface area contributed by atoms with Gasteiger partial charge in [0.2, 0.25) is 0 Å². The lowest BCUT2D eigenvalue weighted by Crippen LogP contribution is -2.11. The molecule has 1 unspecified atom stereocenters. The summed E-state index contributed by atoms with van der Waals surface area (Å²) in [5.74, 6) is 2.76. The van der Waals surface area contributed by atoms with Crippen LogP contribution in [0, 0.1) is 5.92 Å². The van der Waals surface area contributed by atoms with Gasteiger partial charge in [0.1, 0.15) is 0 Å². The molecule has 1 fully saturated rings. The Morgan fingerprint density at radius 3 is 2.04 bits per heavy atom. The summed E-state index contributed by atoms with van der Waals surface area (Å²) in [6.07, 6.45) is 5.36.